The molecule has 0 heterocycles. The van der Waals surface area contributed by atoms with E-state index in [9.17, 15) is 24.2 Å². The average Bonchev–Trinajstić information content (AvgIpc) is 3.16. The summed E-state index contributed by atoms with van der Waals surface area (Å²) in [6, 6.07) is 0. The first-order valence-electron chi connectivity index (χ1n) is 21.1. The van der Waals surface area contributed by atoms with Crippen LogP contribution in [0.4, 0.5) is 0 Å². The van der Waals surface area contributed by atoms with Crippen molar-refractivity contribution in [2.45, 2.75) is 187 Å². The van der Waals surface area contributed by atoms with Crippen LogP contribution >= 0.6 is 7.82 Å². The van der Waals surface area contributed by atoms with Gasteiger partial charge in [0.1, 0.15) is 12.7 Å². The first-order valence-corrected chi connectivity index (χ1v) is 22.6. The molecule has 0 spiro atoms. The highest BCUT2D eigenvalue weighted by Gasteiger charge is 2.27. The van der Waals surface area contributed by atoms with Crippen molar-refractivity contribution >= 4 is 19.8 Å². The summed E-state index contributed by atoms with van der Waals surface area (Å²) in [6.07, 6.45) is 40.7. The number of rotatable bonds is 39. The fourth-order valence-corrected chi connectivity index (χ4v) is 6.22. The van der Waals surface area contributed by atoms with Gasteiger partial charge in [0.15, 0.2) is 6.10 Å². The summed E-state index contributed by atoms with van der Waals surface area (Å²) >= 11 is 0. The van der Waals surface area contributed by atoms with E-state index < -0.39 is 51.8 Å². The van der Waals surface area contributed by atoms with E-state index in [1.165, 1.54) is 70.6 Å². The predicted molar refractivity (Wildman–Crippen MR) is 219 cm³/mol. The maximum Gasteiger partial charge on any atom is 0.472 e. The molecule has 0 radical (unpaired) electrons. The third kappa shape index (κ3) is 38.2. The highest BCUT2D eigenvalue weighted by Crippen LogP contribution is 2.43. The van der Waals surface area contributed by atoms with Gasteiger partial charge >= 0.3 is 19.8 Å². The fourth-order valence-electron chi connectivity index (χ4n) is 5.43. The second-order valence-electron chi connectivity index (χ2n) is 14.0. The number of aliphatic hydroxyl groups is 2. The van der Waals surface area contributed by atoms with E-state index in [1.54, 1.807) is 0 Å². The molecule has 0 aromatic carbocycles. The fraction of sp³-hybridized carbons (Fsp3) is 0.767. The van der Waals surface area contributed by atoms with Crippen LogP contribution in [0, 0.1) is 0 Å². The zero-order chi connectivity index (χ0) is 39.8. The van der Waals surface area contributed by atoms with Crippen molar-refractivity contribution in [1.29, 1.82) is 0 Å². The van der Waals surface area contributed by atoms with Crippen molar-refractivity contribution < 1.29 is 47.8 Å². The summed E-state index contributed by atoms with van der Waals surface area (Å²) < 4.78 is 32.6. The molecule has 0 aliphatic rings. The molecular formula is C43H77O10P. The van der Waals surface area contributed by atoms with E-state index in [-0.39, 0.29) is 19.4 Å². The van der Waals surface area contributed by atoms with Gasteiger partial charge in [0, 0.05) is 12.8 Å². The lowest BCUT2D eigenvalue weighted by Gasteiger charge is -2.20. The minimum Gasteiger partial charge on any atom is -0.462 e. The summed E-state index contributed by atoms with van der Waals surface area (Å²) in [5.74, 6) is -0.960. The van der Waals surface area contributed by atoms with Crippen molar-refractivity contribution in [3.63, 3.8) is 0 Å². The Morgan fingerprint density at radius 2 is 0.981 bits per heavy atom. The topological polar surface area (TPSA) is 149 Å². The van der Waals surface area contributed by atoms with Crippen LogP contribution in [0.5, 0.6) is 0 Å². The van der Waals surface area contributed by atoms with Gasteiger partial charge in [-0.25, -0.2) is 4.57 Å². The molecule has 0 aromatic heterocycles. The molecule has 0 saturated heterocycles. The maximum atomic E-state index is 12.6. The van der Waals surface area contributed by atoms with Crippen molar-refractivity contribution in [3.8, 4) is 0 Å². The lowest BCUT2D eigenvalue weighted by molar-refractivity contribution is -0.161. The number of allylic oxidation sites excluding steroid dienone is 8. The maximum absolute atomic E-state index is 12.6. The second kappa shape index (κ2) is 39.2. The third-order valence-electron chi connectivity index (χ3n) is 8.74. The molecule has 1 unspecified atom stereocenters. The molecule has 11 heteroatoms. The first-order chi connectivity index (χ1) is 26.2. The second-order valence-corrected chi connectivity index (χ2v) is 15.5. The van der Waals surface area contributed by atoms with Crippen LogP contribution < -0.4 is 0 Å². The summed E-state index contributed by atoms with van der Waals surface area (Å²) in [6.45, 7) is 2.29. The third-order valence-corrected chi connectivity index (χ3v) is 9.69. The van der Waals surface area contributed by atoms with Crippen LogP contribution in [0.1, 0.15) is 174 Å². The smallest absolute Gasteiger partial charge is 0.462 e. The van der Waals surface area contributed by atoms with E-state index in [2.05, 4.69) is 67.0 Å². The van der Waals surface area contributed by atoms with Gasteiger partial charge < -0.3 is 24.6 Å². The molecule has 0 saturated carbocycles. The van der Waals surface area contributed by atoms with Crippen molar-refractivity contribution in [2.75, 3.05) is 26.4 Å². The molecule has 54 heavy (non-hydrogen) atoms. The number of ether oxygens (including phenoxy) is 2. The zero-order valence-electron chi connectivity index (χ0n) is 33.9. The lowest BCUT2D eigenvalue weighted by Crippen LogP contribution is -2.29. The first kappa shape index (κ1) is 51.9. The molecule has 0 aliphatic carbocycles. The van der Waals surface area contributed by atoms with Gasteiger partial charge in [-0.05, 0) is 51.4 Å². The van der Waals surface area contributed by atoms with Crippen LogP contribution in [-0.4, -0.2) is 65.7 Å². The summed E-state index contributed by atoms with van der Waals surface area (Å²) in [5.41, 5.74) is 0. The minimum absolute atomic E-state index is 0.178. The van der Waals surface area contributed by atoms with E-state index in [4.69, 9.17) is 19.1 Å². The standard InChI is InChI=1S/C43H77O10P/c1-3-5-7-9-11-13-15-17-18-19-20-21-23-24-26-28-30-32-34-42(46)50-38-41(39-52-54(48,49)51-37-40(45)36-44)53-43(47)35-33-31-29-27-25-22-16-14-12-10-8-6-4-2/h9,11,15,17,19-20,23-24,40-41,44-45H,3-8,10,12-14,16,18,21-22,25-39H2,1-2H3,(H,48,49)/b11-9-,17-15-,20-19-,24-23-/t40-,41+/m0/s1. The molecule has 0 bridgehead atoms. The quantitative estimate of drug-likeness (QED) is 0.0238. The monoisotopic (exact) mass is 785 g/mol. The molecule has 3 atom stereocenters. The lowest BCUT2D eigenvalue weighted by atomic mass is 10.0. The number of phosphoric ester groups is 1. The molecule has 0 aliphatic heterocycles. The Bertz CT molecular complexity index is 1040. The number of carbonyl (C=O) groups excluding carboxylic acids is 2. The van der Waals surface area contributed by atoms with Crippen molar-refractivity contribution in [3.05, 3.63) is 48.6 Å². The number of phosphoric acid groups is 1. The average molecular weight is 785 g/mol. The van der Waals surface area contributed by atoms with Crippen LogP contribution in [0.3, 0.4) is 0 Å². The molecule has 10 nitrogen and oxygen atoms in total. The summed E-state index contributed by atoms with van der Waals surface area (Å²) in [4.78, 5) is 34.9. The van der Waals surface area contributed by atoms with Gasteiger partial charge in [-0.2, -0.15) is 0 Å². The van der Waals surface area contributed by atoms with Gasteiger partial charge in [-0.15, -0.1) is 0 Å². The Kier molecular flexibility index (Phi) is 37.7. The van der Waals surface area contributed by atoms with Gasteiger partial charge in [-0.1, -0.05) is 159 Å². The Hall–Kier alpha value is -2.07. The molecule has 0 fully saturated rings. The molecule has 3 N–H and O–H groups in total. The molecular weight excluding hydrogens is 707 g/mol. The Morgan fingerprint density at radius 3 is 1.50 bits per heavy atom. The van der Waals surface area contributed by atoms with Crippen molar-refractivity contribution in [1.82, 2.24) is 0 Å². The van der Waals surface area contributed by atoms with E-state index >= 15 is 0 Å². The highest BCUT2D eigenvalue weighted by atomic mass is 31.2. The van der Waals surface area contributed by atoms with Gasteiger partial charge in [-0.3, -0.25) is 18.6 Å². The number of hydrogen-bond donors (Lipinski definition) is 3. The summed E-state index contributed by atoms with van der Waals surface area (Å²) in [5, 5.41) is 18.3. The summed E-state index contributed by atoms with van der Waals surface area (Å²) in [7, 11) is -4.62. The molecule has 314 valence electrons. The molecule has 0 amide bonds. The van der Waals surface area contributed by atoms with E-state index in [0.717, 1.165) is 64.2 Å². The van der Waals surface area contributed by atoms with Crippen molar-refractivity contribution in [2.24, 2.45) is 0 Å². The van der Waals surface area contributed by atoms with E-state index in [0.29, 0.717) is 12.8 Å². The Labute approximate surface area is 328 Å². The van der Waals surface area contributed by atoms with Gasteiger partial charge in [0.2, 0.25) is 0 Å². The van der Waals surface area contributed by atoms with Crippen LogP contribution in [0.25, 0.3) is 0 Å². The van der Waals surface area contributed by atoms with Crippen LogP contribution in [0.2, 0.25) is 0 Å². The predicted octanol–water partition coefficient (Wildman–Crippen LogP) is 10.9. The SMILES string of the molecule is CCCC/C=C\C/C=C\C/C=C\C/C=C\CCCCCC(=O)OC[C@H](COP(=O)(O)OC[C@@H](O)CO)OC(=O)CCCCCCCCCCCCCCC. The number of esters is 2. The number of hydrogen-bond acceptors (Lipinski definition) is 9. The number of carbonyl (C=O) groups is 2. The van der Waals surface area contributed by atoms with Crippen LogP contribution in [-0.2, 0) is 32.7 Å². The number of aliphatic hydroxyl groups excluding tert-OH is 2. The van der Waals surface area contributed by atoms with Gasteiger partial charge in [0.05, 0.1) is 19.8 Å². The minimum atomic E-state index is -4.62. The normalized spacial score (nSPS) is 14.4. The largest absolute Gasteiger partial charge is 0.472 e. The van der Waals surface area contributed by atoms with Gasteiger partial charge in [0.25, 0.3) is 0 Å². The molecule has 0 rings (SSSR count). The highest BCUT2D eigenvalue weighted by molar-refractivity contribution is 7.47. The molecule has 0 aromatic rings. The van der Waals surface area contributed by atoms with E-state index in [1.807, 2.05) is 0 Å². The number of unbranched alkanes of at least 4 members (excludes halogenated alkanes) is 17. The Morgan fingerprint density at radius 1 is 0.556 bits per heavy atom. The van der Waals surface area contributed by atoms with Crippen LogP contribution in [0.15, 0.2) is 48.6 Å². The Balaban J connectivity index is 4.36. The zero-order valence-corrected chi connectivity index (χ0v) is 34.8.